The molecule has 1 saturated carbocycles. The predicted octanol–water partition coefficient (Wildman–Crippen LogP) is 1.89. The number of nitrogens with one attached hydrogen (secondary N) is 1. The van der Waals surface area contributed by atoms with Gasteiger partial charge in [-0.2, -0.15) is 0 Å². The molecule has 18 heavy (non-hydrogen) atoms. The highest BCUT2D eigenvalue weighted by Gasteiger charge is 2.25. The van der Waals surface area contributed by atoms with Gasteiger partial charge in [0, 0.05) is 24.8 Å². The van der Waals surface area contributed by atoms with Crippen molar-refractivity contribution in [1.82, 2.24) is 5.32 Å². The molecule has 1 aromatic carbocycles. The lowest BCUT2D eigenvalue weighted by Gasteiger charge is -2.14. The van der Waals surface area contributed by atoms with Crippen LogP contribution in [0.4, 0.5) is 5.69 Å². The second-order valence-corrected chi connectivity index (χ2v) is 5.64. The van der Waals surface area contributed by atoms with Crippen molar-refractivity contribution in [2.75, 3.05) is 11.9 Å². The molecule has 0 saturated heterocycles. The van der Waals surface area contributed by atoms with Crippen molar-refractivity contribution in [2.45, 2.75) is 44.7 Å². The van der Waals surface area contributed by atoms with Crippen LogP contribution in [-0.2, 0) is 17.6 Å². The van der Waals surface area contributed by atoms with Gasteiger partial charge in [0.2, 0.25) is 5.91 Å². The molecule has 1 heterocycles. The van der Waals surface area contributed by atoms with Crippen LogP contribution in [0.2, 0.25) is 0 Å². The Morgan fingerprint density at radius 1 is 1.44 bits per heavy atom. The Hall–Kier alpha value is -1.35. The Morgan fingerprint density at radius 2 is 2.22 bits per heavy atom. The first-order valence-corrected chi connectivity index (χ1v) is 6.78. The fraction of sp³-hybridized carbons (Fsp3) is 0.533. The average Bonchev–Trinajstić information content (AvgIpc) is 3.07. The molecule has 0 radical (unpaired) electrons. The minimum atomic E-state index is 0.200. The Kier molecular flexibility index (Phi) is 2.86. The Balaban J connectivity index is 1.70. The number of hydrogen-bond acceptors (Lipinski definition) is 2. The molecule has 1 aliphatic heterocycles. The number of amides is 1. The molecule has 0 spiro atoms. The van der Waals surface area contributed by atoms with Gasteiger partial charge >= 0.3 is 0 Å². The standard InChI is InChI=1S/C15H20N2O/c1-10(16-13-4-5-13)7-11-3-6-14-12(8-11)9-15(18)17(14)2/h3,6,8,10,13,16H,4-5,7,9H2,1-2H3. The quantitative estimate of drug-likeness (QED) is 0.877. The van der Waals surface area contributed by atoms with E-state index in [1.165, 1.54) is 24.0 Å². The third-order valence-electron chi connectivity index (χ3n) is 3.86. The molecule has 3 nitrogen and oxygen atoms in total. The van der Waals surface area contributed by atoms with Crippen LogP contribution in [-0.4, -0.2) is 25.0 Å². The topological polar surface area (TPSA) is 32.3 Å². The lowest BCUT2D eigenvalue weighted by atomic mass is 10.0. The molecule has 2 aliphatic rings. The van der Waals surface area contributed by atoms with Crippen LogP contribution in [0, 0.1) is 0 Å². The summed E-state index contributed by atoms with van der Waals surface area (Å²) in [6.07, 6.45) is 4.26. The fourth-order valence-electron chi connectivity index (χ4n) is 2.72. The highest BCUT2D eigenvalue weighted by Crippen LogP contribution is 2.28. The number of carbonyl (C=O) groups is 1. The van der Waals surface area contributed by atoms with E-state index in [4.69, 9.17) is 0 Å². The lowest BCUT2D eigenvalue weighted by Crippen LogP contribution is -2.29. The second-order valence-electron chi connectivity index (χ2n) is 5.64. The largest absolute Gasteiger partial charge is 0.315 e. The summed E-state index contributed by atoms with van der Waals surface area (Å²) in [7, 11) is 1.85. The molecule has 3 heteroatoms. The first-order chi connectivity index (χ1) is 8.63. The van der Waals surface area contributed by atoms with Crippen molar-refractivity contribution < 1.29 is 4.79 Å². The number of anilines is 1. The first kappa shape index (κ1) is 11.7. The molecule has 96 valence electrons. The van der Waals surface area contributed by atoms with Gasteiger partial charge in [-0.1, -0.05) is 12.1 Å². The fourth-order valence-corrected chi connectivity index (χ4v) is 2.72. The molecule has 1 aliphatic carbocycles. The summed E-state index contributed by atoms with van der Waals surface area (Å²) < 4.78 is 0. The minimum Gasteiger partial charge on any atom is -0.315 e. The summed E-state index contributed by atoms with van der Waals surface area (Å²) >= 11 is 0. The molecular formula is C15H20N2O. The van der Waals surface area contributed by atoms with Crippen LogP contribution in [0.15, 0.2) is 18.2 Å². The monoisotopic (exact) mass is 244 g/mol. The molecule has 3 rings (SSSR count). The molecule has 0 bridgehead atoms. The normalized spacial score (nSPS) is 20.1. The van der Waals surface area contributed by atoms with Crippen LogP contribution >= 0.6 is 0 Å². The smallest absolute Gasteiger partial charge is 0.231 e. The van der Waals surface area contributed by atoms with E-state index in [1.54, 1.807) is 4.90 Å². The maximum Gasteiger partial charge on any atom is 0.231 e. The van der Waals surface area contributed by atoms with Crippen LogP contribution < -0.4 is 10.2 Å². The van der Waals surface area contributed by atoms with Gasteiger partial charge in [-0.15, -0.1) is 0 Å². The third-order valence-corrected chi connectivity index (χ3v) is 3.86. The van der Waals surface area contributed by atoms with Crippen molar-refractivity contribution in [2.24, 2.45) is 0 Å². The summed E-state index contributed by atoms with van der Waals surface area (Å²) in [4.78, 5) is 13.4. The Morgan fingerprint density at radius 3 is 2.94 bits per heavy atom. The molecule has 0 aromatic heterocycles. The summed E-state index contributed by atoms with van der Waals surface area (Å²) in [5, 5.41) is 3.61. The number of carbonyl (C=O) groups excluding carboxylic acids is 1. The average molecular weight is 244 g/mol. The number of nitrogens with zero attached hydrogens (tertiary/aromatic N) is 1. The van der Waals surface area contributed by atoms with Gasteiger partial charge < -0.3 is 10.2 Å². The summed E-state index contributed by atoms with van der Waals surface area (Å²) in [5.41, 5.74) is 3.59. The van der Waals surface area contributed by atoms with Gasteiger partial charge in [-0.05, 0) is 43.4 Å². The van der Waals surface area contributed by atoms with Crippen molar-refractivity contribution in [3.63, 3.8) is 0 Å². The molecule has 1 atom stereocenters. The van der Waals surface area contributed by atoms with Gasteiger partial charge in [-0.25, -0.2) is 0 Å². The van der Waals surface area contributed by atoms with E-state index in [0.29, 0.717) is 12.5 Å². The molecule has 1 N–H and O–H groups in total. The van der Waals surface area contributed by atoms with E-state index in [0.717, 1.165) is 18.2 Å². The Bertz CT molecular complexity index is 479. The summed E-state index contributed by atoms with van der Waals surface area (Å²) in [6, 6.07) is 7.70. The summed E-state index contributed by atoms with van der Waals surface area (Å²) in [6.45, 7) is 2.24. The number of benzene rings is 1. The number of hydrogen-bond donors (Lipinski definition) is 1. The molecule has 1 fully saturated rings. The van der Waals surface area contributed by atoms with E-state index in [9.17, 15) is 4.79 Å². The zero-order chi connectivity index (χ0) is 12.7. The molecule has 1 amide bonds. The second kappa shape index (κ2) is 4.39. The minimum absolute atomic E-state index is 0.200. The van der Waals surface area contributed by atoms with Crippen molar-refractivity contribution >= 4 is 11.6 Å². The summed E-state index contributed by atoms with van der Waals surface area (Å²) in [5.74, 6) is 0.200. The van der Waals surface area contributed by atoms with Crippen LogP contribution in [0.5, 0.6) is 0 Å². The predicted molar refractivity (Wildman–Crippen MR) is 72.9 cm³/mol. The van der Waals surface area contributed by atoms with E-state index < -0.39 is 0 Å². The maximum atomic E-state index is 11.6. The van der Waals surface area contributed by atoms with Crippen molar-refractivity contribution in [1.29, 1.82) is 0 Å². The Labute approximate surface area is 108 Å². The van der Waals surface area contributed by atoms with Gasteiger partial charge in [0.1, 0.15) is 0 Å². The zero-order valence-electron chi connectivity index (χ0n) is 11.1. The maximum absolute atomic E-state index is 11.6. The van der Waals surface area contributed by atoms with Gasteiger partial charge in [-0.3, -0.25) is 4.79 Å². The van der Waals surface area contributed by atoms with E-state index in [2.05, 4.69) is 30.4 Å². The van der Waals surface area contributed by atoms with E-state index in [1.807, 2.05) is 7.05 Å². The lowest BCUT2D eigenvalue weighted by molar-refractivity contribution is -0.117. The molecular weight excluding hydrogens is 224 g/mol. The van der Waals surface area contributed by atoms with E-state index >= 15 is 0 Å². The van der Waals surface area contributed by atoms with E-state index in [-0.39, 0.29) is 5.91 Å². The molecule has 1 unspecified atom stereocenters. The van der Waals surface area contributed by atoms with Crippen LogP contribution in [0.3, 0.4) is 0 Å². The third kappa shape index (κ3) is 2.27. The van der Waals surface area contributed by atoms with Crippen LogP contribution in [0.25, 0.3) is 0 Å². The van der Waals surface area contributed by atoms with Crippen molar-refractivity contribution in [3.05, 3.63) is 29.3 Å². The number of likely N-dealkylation sites (N-methyl/N-ethyl adjacent to an activating group) is 1. The van der Waals surface area contributed by atoms with Gasteiger partial charge in [0.05, 0.1) is 6.42 Å². The molecule has 1 aromatic rings. The van der Waals surface area contributed by atoms with Gasteiger partial charge in [0.25, 0.3) is 0 Å². The first-order valence-electron chi connectivity index (χ1n) is 6.78. The number of fused-ring (bicyclic) bond motifs is 1. The zero-order valence-corrected chi connectivity index (χ0v) is 11.1. The van der Waals surface area contributed by atoms with Gasteiger partial charge in [0.15, 0.2) is 0 Å². The number of rotatable bonds is 4. The SMILES string of the molecule is CC(Cc1ccc2c(c1)CC(=O)N2C)NC1CC1. The van der Waals surface area contributed by atoms with Crippen molar-refractivity contribution in [3.8, 4) is 0 Å². The van der Waals surface area contributed by atoms with Crippen LogP contribution in [0.1, 0.15) is 30.9 Å². The highest BCUT2D eigenvalue weighted by molar-refractivity contribution is 6.00. The highest BCUT2D eigenvalue weighted by atomic mass is 16.2.